The Labute approximate surface area is 199 Å². The monoisotopic (exact) mass is 451 g/mol. The second kappa shape index (κ2) is 7.45. The molecule has 6 nitrogen and oxygen atoms in total. The van der Waals surface area contributed by atoms with E-state index in [1.807, 2.05) is 47.1 Å². The number of carbonyl (C=O) groups is 1. The molecule has 1 saturated heterocycles. The average molecular weight is 451 g/mol. The number of halogens is 1. The van der Waals surface area contributed by atoms with Gasteiger partial charge in [-0.05, 0) is 47.9 Å². The predicted molar refractivity (Wildman–Crippen MR) is 136 cm³/mol. The molecular weight excluding hydrogens is 427 g/mol. The summed E-state index contributed by atoms with van der Waals surface area (Å²) in [4.78, 5) is 21.7. The number of benzene rings is 2. The molecule has 0 saturated carbocycles. The Balaban J connectivity index is 1.46. The van der Waals surface area contributed by atoms with Gasteiger partial charge < -0.3 is 9.80 Å². The average Bonchev–Trinajstić information content (AvgIpc) is 3.24. The molecular formula is C25H24B2FN5O. The van der Waals surface area contributed by atoms with Crippen LogP contribution in [0.2, 0.25) is 0 Å². The lowest BCUT2D eigenvalue weighted by atomic mass is 9.59. The maximum Gasteiger partial charge on any atom is 0.255 e. The lowest BCUT2D eigenvalue weighted by Crippen LogP contribution is -2.45. The molecule has 4 heterocycles. The summed E-state index contributed by atoms with van der Waals surface area (Å²) in [5.41, 5.74) is 5.39. The molecule has 2 aliphatic heterocycles. The second-order valence-electron chi connectivity index (χ2n) is 9.69. The molecule has 168 valence electrons. The quantitative estimate of drug-likeness (QED) is 0.446. The maximum absolute atomic E-state index is 15.9. The van der Waals surface area contributed by atoms with Gasteiger partial charge in [-0.3, -0.25) is 14.5 Å². The summed E-state index contributed by atoms with van der Waals surface area (Å²) in [6.07, 6.45) is 4.75. The van der Waals surface area contributed by atoms with E-state index < -0.39 is 5.34 Å². The molecule has 1 amide bonds. The third-order valence-corrected chi connectivity index (χ3v) is 7.20. The van der Waals surface area contributed by atoms with Crippen molar-refractivity contribution >= 4 is 38.2 Å². The lowest BCUT2D eigenvalue weighted by molar-refractivity contribution is 0.0729. The number of nitrogens with zero attached hydrogens (tertiary/aromatic N) is 5. The van der Waals surface area contributed by atoms with Crippen molar-refractivity contribution in [2.24, 2.45) is 7.05 Å². The molecule has 2 aromatic heterocycles. The largest absolute Gasteiger partial charge is 0.371 e. The number of aromatic nitrogens is 3. The number of amides is 1. The van der Waals surface area contributed by atoms with Crippen LogP contribution in [0.3, 0.4) is 0 Å². The molecule has 2 aliphatic rings. The van der Waals surface area contributed by atoms with E-state index in [1.54, 1.807) is 34.0 Å². The van der Waals surface area contributed by atoms with Crippen LogP contribution in [0.25, 0.3) is 22.0 Å². The van der Waals surface area contributed by atoms with Crippen LogP contribution in [-0.4, -0.2) is 54.4 Å². The number of hydrogen-bond donors (Lipinski definition) is 0. The molecule has 0 aliphatic carbocycles. The zero-order valence-electron chi connectivity index (χ0n) is 19.5. The SMILES string of the molecule is BC1(B)c2ncccc2C(=O)N1Cc1c(F)cc(-c2cccc3nn(C)cc23)cc1N1CCC1. The highest BCUT2D eigenvalue weighted by atomic mass is 19.1. The minimum absolute atomic E-state index is 0.105. The van der Waals surface area contributed by atoms with Crippen LogP contribution >= 0.6 is 0 Å². The molecule has 0 spiro atoms. The first-order valence-corrected chi connectivity index (χ1v) is 11.6. The Morgan fingerprint density at radius 3 is 2.65 bits per heavy atom. The highest BCUT2D eigenvalue weighted by molar-refractivity contribution is 6.42. The van der Waals surface area contributed by atoms with Crippen molar-refractivity contribution in [1.82, 2.24) is 19.7 Å². The summed E-state index contributed by atoms with van der Waals surface area (Å²) in [5.74, 6) is -0.404. The predicted octanol–water partition coefficient (Wildman–Crippen LogP) is 2.02. The van der Waals surface area contributed by atoms with Gasteiger partial charge in [-0.25, -0.2) is 4.39 Å². The van der Waals surface area contributed by atoms with E-state index >= 15 is 4.39 Å². The molecule has 9 heteroatoms. The number of anilines is 1. The van der Waals surface area contributed by atoms with E-state index in [0.717, 1.165) is 52.9 Å². The summed E-state index contributed by atoms with van der Waals surface area (Å²) in [7, 11) is 5.84. The van der Waals surface area contributed by atoms with Crippen LogP contribution in [0, 0.1) is 5.82 Å². The van der Waals surface area contributed by atoms with E-state index in [1.165, 1.54) is 0 Å². The number of carbonyl (C=O) groups excluding carboxylic acids is 1. The normalized spacial score (nSPS) is 16.7. The number of pyridine rings is 1. The van der Waals surface area contributed by atoms with Gasteiger partial charge in [0.25, 0.3) is 5.91 Å². The maximum atomic E-state index is 15.9. The molecule has 34 heavy (non-hydrogen) atoms. The summed E-state index contributed by atoms with van der Waals surface area (Å²) in [6.45, 7) is 1.95. The van der Waals surface area contributed by atoms with Gasteiger partial charge in [-0.15, -0.1) is 0 Å². The fraction of sp³-hybridized carbons (Fsp3) is 0.240. The van der Waals surface area contributed by atoms with E-state index in [-0.39, 0.29) is 18.3 Å². The molecule has 0 N–H and O–H groups in total. The fourth-order valence-electron chi connectivity index (χ4n) is 5.21. The van der Waals surface area contributed by atoms with Crippen molar-refractivity contribution < 1.29 is 9.18 Å². The molecule has 0 atom stereocenters. The van der Waals surface area contributed by atoms with Gasteiger partial charge in [0.05, 0.1) is 23.3 Å². The lowest BCUT2D eigenvalue weighted by Gasteiger charge is -2.38. The Morgan fingerprint density at radius 1 is 1.12 bits per heavy atom. The zero-order valence-corrected chi connectivity index (χ0v) is 19.5. The van der Waals surface area contributed by atoms with Crippen molar-refractivity contribution in [1.29, 1.82) is 0 Å². The molecule has 0 bridgehead atoms. The topological polar surface area (TPSA) is 54.3 Å². The Morgan fingerprint density at radius 2 is 1.91 bits per heavy atom. The first-order valence-electron chi connectivity index (χ1n) is 11.6. The van der Waals surface area contributed by atoms with Crippen LogP contribution in [0.4, 0.5) is 10.1 Å². The molecule has 0 radical (unpaired) electrons. The molecule has 0 unspecified atom stereocenters. The van der Waals surface area contributed by atoms with E-state index in [4.69, 9.17) is 0 Å². The Bertz CT molecular complexity index is 1460. The minimum Gasteiger partial charge on any atom is -0.371 e. The number of aryl methyl sites for hydroxylation is 1. The molecule has 6 rings (SSSR count). The smallest absolute Gasteiger partial charge is 0.255 e. The third-order valence-electron chi connectivity index (χ3n) is 7.20. The van der Waals surface area contributed by atoms with Crippen molar-refractivity contribution in [3.8, 4) is 11.1 Å². The van der Waals surface area contributed by atoms with Gasteiger partial charge in [0.15, 0.2) is 0 Å². The number of rotatable bonds is 4. The van der Waals surface area contributed by atoms with Crippen molar-refractivity contribution in [2.75, 3.05) is 18.0 Å². The van der Waals surface area contributed by atoms with Crippen molar-refractivity contribution in [3.63, 3.8) is 0 Å². The summed E-state index contributed by atoms with van der Waals surface area (Å²) >= 11 is 0. The van der Waals surface area contributed by atoms with Gasteiger partial charge in [-0.1, -0.05) is 12.1 Å². The van der Waals surface area contributed by atoms with Crippen molar-refractivity contribution in [2.45, 2.75) is 18.3 Å². The van der Waals surface area contributed by atoms with Crippen LogP contribution in [-0.2, 0) is 18.9 Å². The third kappa shape index (κ3) is 3.06. The van der Waals surface area contributed by atoms with Gasteiger partial charge in [0, 0.05) is 54.5 Å². The van der Waals surface area contributed by atoms with E-state index in [0.29, 0.717) is 11.1 Å². The van der Waals surface area contributed by atoms with Crippen molar-refractivity contribution in [3.05, 3.63) is 77.5 Å². The highest BCUT2D eigenvalue weighted by Crippen LogP contribution is 2.39. The number of fused-ring (bicyclic) bond motifs is 2. The Hall–Kier alpha value is -3.61. The standard InChI is InChI=1S/C25H24B2FN5O/c1-31-13-18-16(5-2-7-21(18)30-31)15-11-20(28)19(22(12-15)32-9-4-10-32)14-33-24(34)17-6-3-8-29-23(17)25(33,26)27/h2-3,5-8,11-13H,4,9-10,14,26-27H2,1H3. The summed E-state index contributed by atoms with van der Waals surface area (Å²) < 4.78 is 17.7. The first-order chi connectivity index (χ1) is 16.3. The summed E-state index contributed by atoms with van der Waals surface area (Å²) in [5, 5.41) is 4.87. The second-order valence-corrected chi connectivity index (χ2v) is 9.69. The Kier molecular flexibility index (Phi) is 4.59. The van der Waals surface area contributed by atoms with Gasteiger partial charge >= 0.3 is 0 Å². The molecule has 4 aromatic rings. The van der Waals surface area contributed by atoms with E-state index in [9.17, 15) is 4.79 Å². The molecule has 1 fully saturated rings. The van der Waals surface area contributed by atoms with E-state index in [2.05, 4.69) is 21.0 Å². The van der Waals surface area contributed by atoms with Crippen LogP contribution in [0.1, 0.15) is 28.0 Å². The van der Waals surface area contributed by atoms with Crippen LogP contribution in [0.15, 0.2) is 54.9 Å². The van der Waals surface area contributed by atoms with Crippen LogP contribution in [0.5, 0.6) is 0 Å². The highest BCUT2D eigenvalue weighted by Gasteiger charge is 2.44. The summed E-state index contributed by atoms with van der Waals surface area (Å²) in [6, 6.07) is 13.2. The van der Waals surface area contributed by atoms with Gasteiger partial charge in [0.2, 0.25) is 0 Å². The molecule has 2 aromatic carbocycles. The van der Waals surface area contributed by atoms with Gasteiger partial charge in [-0.2, -0.15) is 5.10 Å². The minimum atomic E-state index is -0.619. The first kappa shape index (κ1) is 21.0. The number of hydrogen-bond acceptors (Lipinski definition) is 4. The zero-order chi connectivity index (χ0) is 23.6. The fourth-order valence-corrected chi connectivity index (χ4v) is 5.21. The van der Waals surface area contributed by atoms with Crippen LogP contribution < -0.4 is 4.90 Å². The van der Waals surface area contributed by atoms with Gasteiger partial charge in [0.1, 0.15) is 21.5 Å².